The Morgan fingerprint density at radius 3 is 2.71 bits per heavy atom. The SMILES string of the molecule is COCc1ccccc1C(=O)N[C@H]1CCCCC[C@@H]1OC. The summed E-state index contributed by atoms with van der Waals surface area (Å²) in [6.45, 7) is 0.446. The predicted molar refractivity (Wildman–Crippen MR) is 82.3 cm³/mol. The van der Waals surface area contributed by atoms with Crippen molar-refractivity contribution in [3.63, 3.8) is 0 Å². The van der Waals surface area contributed by atoms with Gasteiger partial charge in [-0.25, -0.2) is 0 Å². The first kappa shape index (κ1) is 16.0. The number of amides is 1. The van der Waals surface area contributed by atoms with E-state index in [4.69, 9.17) is 9.47 Å². The Morgan fingerprint density at radius 1 is 1.19 bits per heavy atom. The zero-order valence-corrected chi connectivity index (χ0v) is 12.9. The third-order valence-corrected chi connectivity index (χ3v) is 4.13. The molecule has 4 nitrogen and oxygen atoms in total. The molecule has 2 rings (SSSR count). The van der Waals surface area contributed by atoms with Gasteiger partial charge in [0.1, 0.15) is 0 Å². The normalized spacial score (nSPS) is 22.6. The van der Waals surface area contributed by atoms with Crippen LogP contribution in [0, 0.1) is 0 Å². The van der Waals surface area contributed by atoms with Gasteiger partial charge in [-0.3, -0.25) is 4.79 Å². The largest absolute Gasteiger partial charge is 0.380 e. The minimum Gasteiger partial charge on any atom is -0.380 e. The third-order valence-electron chi connectivity index (χ3n) is 4.13. The lowest BCUT2D eigenvalue weighted by atomic mass is 10.0. The zero-order valence-electron chi connectivity index (χ0n) is 12.9. The molecule has 1 aromatic rings. The van der Waals surface area contributed by atoms with Crippen LogP contribution >= 0.6 is 0 Å². The molecule has 116 valence electrons. The number of hydrogen-bond acceptors (Lipinski definition) is 3. The van der Waals surface area contributed by atoms with Crippen LogP contribution in [0.15, 0.2) is 24.3 Å². The molecule has 0 saturated heterocycles. The smallest absolute Gasteiger partial charge is 0.251 e. The van der Waals surface area contributed by atoms with Gasteiger partial charge in [0.2, 0.25) is 0 Å². The molecular formula is C17H25NO3. The Balaban J connectivity index is 2.09. The lowest BCUT2D eigenvalue weighted by molar-refractivity contribution is 0.0567. The van der Waals surface area contributed by atoms with Crippen molar-refractivity contribution in [2.24, 2.45) is 0 Å². The van der Waals surface area contributed by atoms with Crippen LogP contribution in [0.25, 0.3) is 0 Å². The summed E-state index contributed by atoms with van der Waals surface area (Å²) in [6.07, 6.45) is 5.64. The number of ether oxygens (including phenoxy) is 2. The maximum absolute atomic E-state index is 12.6. The highest BCUT2D eigenvalue weighted by molar-refractivity contribution is 5.95. The molecule has 1 aliphatic carbocycles. The van der Waals surface area contributed by atoms with Crippen LogP contribution in [0.3, 0.4) is 0 Å². The molecule has 0 spiro atoms. The lowest BCUT2D eigenvalue weighted by Crippen LogP contribution is -2.43. The predicted octanol–water partition coefficient (Wildman–Crippen LogP) is 2.91. The van der Waals surface area contributed by atoms with Crippen LogP contribution in [0.4, 0.5) is 0 Å². The quantitative estimate of drug-likeness (QED) is 0.849. The molecule has 0 aliphatic heterocycles. The van der Waals surface area contributed by atoms with Gasteiger partial charge in [0.05, 0.1) is 18.8 Å². The second-order valence-corrected chi connectivity index (χ2v) is 5.58. The number of carbonyl (C=O) groups is 1. The van der Waals surface area contributed by atoms with Crippen LogP contribution < -0.4 is 5.32 Å². The highest BCUT2D eigenvalue weighted by atomic mass is 16.5. The van der Waals surface area contributed by atoms with Crippen LogP contribution in [-0.2, 0) is 16.1 Å². The van der Waals surface area contributed by atoms with Gasteiger partial charge in [-0.15, -0.1) is 0 Å². The maximum Gasteiger partial charge on any atom is 0.251 e. The lowest BCUT2D eigenvalue weighted by Gasteiger charge is -2.25. The fourth-order valence-corrected chi connectivity index (χ4v) is 2.99. The fourth-order valence-electron chi connectivity index (χ4n) is 2.99. The number of carbonyl (C=O) groups excluding carboxylic acids is 1. The molecule has 2 atom stereocenters. The fraction of sp³-hybridized carbons (Fsp3) is 0.588. The average Bonchev–Trinajstić information content (AvgIpc) is 2.73. The van der Waals surface area contributed by atoms with Crippen molar-refractivity contribution >= 4 is 5.91 Å². The number of hydrogen-bond donors (Lipinski definition) is 1. The molecule has 1 fully saturated rings. The van der Waals surface area contributed by atoms with E-state index in [2.05, 4.69) is 5.32 Å². The summed E-state index contributed by atoms with van der Waals surface area (Å²) < 4.78 is 10.7. The van der Waals surface area contributed by atoms with Crippen molar-refractivity contribution in [3.8, 4) is 0 Å². The number of rotatable bonds is 5. The van der Waals surface area contributed by atoms with Crippen molar-refractivity contribution in [1.82, 2.24) is 5.32 Å². The van der Waals surface area contributed by atoms with E-state index >= 15 is 0 Å². The number of benzene rings is 1. The molecule has 0 aromatic heterocycles. The van der Waals surface area contributed by atoms with Gasteiger partial charge in [-0.1, -0.05) is 37.5 Å². The van der Waals surface area contributed by atoms with E-state index in [1.807, 2.05) is 24.3 Å². The van der Waals surface area contributed by atoms with Gasteiger partial charge in [-0.05, 0) is 24.5 Å². The molecule has 0 radical (unpaired) electrons. The monoisotopic (exact) mass is 291 g/mol. The van der Waals surface area contributed by atoms with Crippen LogP contribution in [0.1, 0.15) is 48.0 Å². The van der Waals surface area contributed by atoms with Crippen LogP contribution in [0.2, 0.25) is 0 Å². The van der Waals surface area contributed by atoms with Gasteiger partial charge in [0, 0.05) is 19.8 Å². The van der Waals surface area contributed by atoms with Crippen molar-refractivity contribution in [2.75, 3.05) is 14.2 Å². The highest BCUT2D eigenvalue weighted by Crippen LogP contribution is 2.21. The van der Waals surface area contributed by atoms with Crippen LogP contribution in [0.5, 0.6) is 0 Å². The maximum atomic E-state index is 12.6. The van der Waals surface area contributed by atoms with Crippen molar-refractivity contribution < 1.29 is 14.3 Å². The van der Waals surface area contributed by atoms with E-state index in [-0.39, 0.29) is 18.1 Å². The van der Waals surface area contributed by atoms with Crippen LogP contribution in [-0.4, -0.2) is 32.3 Å². The van der Waals surface area contributed by atoms with Gasteiger partial charge < -0.3 is 14.8 Å². The van der Waals surface area contributed by atoms with Gasteiger partial charge >= 0.3 is 0 Å². The first-order chi connectivity index (χ1) is 10.3. The molecule has 0 heterocycles. The molecule has 4 heteroatoms. The van der Waals surface area contributed by atoms with E-state index in [1.165, 1.54) is 12.8 Å². The van der Waals surface area contributed by atoms with Crippen molar-refractivity contribution in [3.05, 3.63) is 35.4 Å². The molecule has 21 heavy (non-hydrogen) atoms. The minimum atomic E-state index is -0.0309. The molecule has 1 aliphatic rings. The summed E-state index contributed by atoms with van der Waals surface area (Å²) in [4.78, 5) is 12.6. The van der Waals surface area contributed by atoms with E-state index in [1.54, 1.807) is 14.2 Å². The Labute approximate surface area is 126 Å². The summed E-state index contributed by atoms with van der Waals surface area (Å²) in [5.41, 5.74) is 1.61. The van der Waals surface area contributed by atoms with E-state index in [9.17, 15) is 4.79 Å². The molecule has 1 amide bonds. The van der Waals surface area contributed by atoms with Crippen molar-refractivity contribution in [2.45, 2.75) is 50.9 Å². The Bertz CT molecular complexity index is 461. The first-order valence-corrected chi connectivity index (χ1v) is 7.66. The minimum absolute atomic E-state index is 0.0309. The number of nitrogens with one attached hydrogen (secondary N) is 1. The molecule has 1 N–H and O–H groups in total. The third kappa shape index (κ3) is 4.29. The van der Waals surface area contributed by atoms with E-state index in [0.717, 1.165) is 24.8 Å². The standard InChI is InChI=1S/C17H25NO3/c1-20-12-13-8-6-7-9-14(13)17(19)18-15-10-4-3-5-11-16(15)21-2/h6-9,15-16H,3-5,10-12H2,1-2H3,(H,18,19)/t15-,16-/m0/s1. The summed E-state index contributed by atoms with van der Waals surface area (Å²) in [5.74, 6) is -0.0309. The molecule has 1 aromatic carbocycles. The molecular weight excluding hydrogens is 266 g/mol. The second kappa shape index (κ2) is 8.15. The van der Waals surface area contributed by atoms with E-state index < -0.39 is 0 Å². The van der Waals surface area contributed by atoms with Gasteiger partial charge in [-0.2, -0.15) is 0 Å². The van der Waals surface area contributed by atoms with Gasteiger partial charge in [0.15, 0.2) is 0 Å². The summed E-state index contributed by atoms with van der Waals surface area (Å²) in [5, 5.41) is 3.16. The Kier molecular flexibility index (Phi) is 6.21. The molecule has 0 bridgehead atoms. The van der Waals surface area contributed by atoms with E-state index in [0.29, 0.717) is 12.2 Å². The number of methoxy groups -OCH3 is 2. The molecule has 0 unspecified atom stereocenters. The topological polar surface area (TPSA) is 47.6 Å². The zero-order chi connectivity index (χ0) is 15.1. The van der Waals surface area contributed by atoms with Gasteiger partial charge in [0.25, 0.3) is 5.91 Å². The Morgan fingerprint density at radius 2 is 1.95 bits per heavy atom. The average molecular weight is 291 g/mol. The summed E-state index contributed by atoms with van der Waals surface area (Å²) in [6, 6.07) is 7.69. The molecule has 1 saturated carbocycles. The second-order valence-electron chi connectivity index (χ2n) is 5.58. The first-order valence-electron chi connectivity index (χ1n) is 7.66. The summed E-state index contributed by atoms with van der Waals surface area (Å²) in [7, 11) is 3.37. The van der Waals surface area contributed by atoms with Crippen molar-refractivity contribution in [1.29, 1.82) is 0 Å². The Hall–Kier alpha value is -1.39. The highest BCUT2D eigenvalue weighted by Gasteiger charge is 2.25. The summed E-state index contributed by atoms with van der Waals surface area (Å²) >= 11 is 0.